The number of nitrogens with one attached hydrogen (secondary N) is 1. The molecule has 1 rings (SSSR count). The Kier molecular flexibility index (Phi) is 2.70. The van der Waals surface area contributed by atoms with E-state index in [4.69, 9.17) is 0 Å². The maximum absolute atomic E-state index is 4.11. The molecule has 0 amide bonds. The number of nitrogens with zero attached hydrogens (tertiary/aromatic N) is 3. The second kappa shape index (κ2) is 3.60. The molecular formula is C9H16N4. The fraction of sp³-hybridized carbons (Fsp3) is 0.556. The molecule has 0 bridgehead atoms. The highest BCUT2D eigenvalue weighted by molar-refractivity contribution is 5.76. The molecule has 1 aromatic rings. The fourth-order valence-corrected chi connectivity index (χ4v) is 0.792. The number of rotatable bonds is 2. The average Bonchev–Trinajstić information content (AvgIpc) is 2.33. The van der Waals surface area contributed by atoms with E-state index >= 15 is 0 Å². The van der Waals surface area contributed by atoms with Crippen LogP contribution in [0.1, 0.15) is 26.5 Å². The van der Waals surface area contributed by atoms with Crippen LogP contribution in [0.2, 0.25) is 0 Å². The molecule has 72 valence electrons. The van der Waals surface area contributed by atoms with Gasteiger partial charge in [0.25, 0.3) is 0 Å². The van der Waals surface area contributed by atoms with Crippen molar-refractivity contribution in [2.24, 2.45) is 12.1 Å². The van der Waals surface area contributed by atoms with Crippen molar-refractivity contribution in [2.45, 2.75) is 26.3 Å². The van der Waals surface area contributed by atoms with E-state index in [0.717, 1.165) is 5.69 Å². The lowest BCUT2D eigenvalue weighted by molar-refractivity contribution is 0.442. The molecule has 1 aromatic heterocycles. The Balaban J connectivity index is 2.50. The SMILES string of the molecule is Cn1cnc(/C=N/NC(C)(C)C)c1. The molecule has 1 N–H and O–H groups in total. The summed E-state index contributed by atoms with van der Waals surface area (Å²) in [5, 5.41) is 4.08. The van der Waals surface area contributed by atoms with E-state index < -0.39 is 0 Å². The smallest absolute Gasteiger partial charge is 0.101 e. The van der Waals surface area contributed by atoms with Gasteiger partial charge in [-0.3, -0.25) is 0 Å². The summed E-state index contributed by atoms with van der Waals surface area (Å²) in [6.45, 7) is 6.17. The summed E-state index contributed by atoms with van der Waals surface area (Å²) in [7, 11) is 1.93. The molecular weight excluding hydrogens is 164 g/mol. The summed E-state index contributed by atoms with van der Waals surface area (Å²) < 4.78 is 1.89. The van der Waals surface area contributed by atoms with Crippen LogP contribution in [0.3, 0.4) is 0 Å². The molecule has 0 radical (unpaired) electrons. The van der Waals surface area contributed by atoms with Gasteiger partial charge in [0, 0.05) is 18.8 Å². The predicted molar refractivity (Wildman–Crippen MR) is 53.7 cm³/mol. The quantitative estimate of drug-likeness (QED) is 0.548. The lowest BCUT2D eigenvalue weighted by atomic mass is 10.1. The zero-order chi connectivity index (χ0) is 9.90. The topological polar surface area (TPSA) is 42.2 Å². The number of hydrazone groups is 1. The first kappa shape index (κ1) is 9.77. The third kappa shape index (κ3) is 3.73. The standard InChI is InChI=1S/C9H16N4/c1-9(2,3)12-11-5-8-6-13(4)7-10-8/h5-7,12H,1-4H3/b11-5+. The van der Waals surface area contributed by atoms with Gasteiger partial charge in [-0.05, 0) is 20.8 Å². The Labute approximate surface area is 78.7 Å². The van der Waals surface area contributed by atoms with Gasteiger partial charge in [0.2, 0.25) is 0 Å². The highest BCUT2D eigenvalue weighted by atomic mass is 15.3. The van der Waals surface area contributed by atoms with Crippen molar-refractivity contribution in [1.82, 2.24) is 15.0 Å². The van der Waals surface area contributed by atoms with E-state index in [1.54, 1.807) is 12.5 Å². The maximum Gasteiger partial charge on any atom is 0.101 e. The van der Waals surface area contributed by atoms with Crippen molar-refractivity contribution < 1.29 is 0 Å². The van der Waals surface area contributed by atoms with E-state index in [2.05, 4.69) is 36.3 Å². The van der Waals surface area contributed by atoms with Gasteiger partial charge in [0.15, 0.2) is 0 Å². The summed E-state index contributed by atoms with van der Waals surface area (Å²) in [5.74, 6) is 0. The second-order valence-electron chi connectivity index (χ2n) is 4.08. The number of aryl methyl sites for hydroxylation is 1. The van der Waals surface area contributed by atoms with Crippen LogP contribution in [-0.2, 0) is 7.05 Å². The normalized spacial score (nSPS) is 12.3. The Hall–Kier alpha value is -1.32. The van der Waals surface area contributed by atoms with Crippen molar-refractivity contribution in [3.05, 3.63) is 18.2 Å². The lowest BCUT2D eigenvalue weighted by Gasteiger charge is -2.16. The van der Waals surface area contributed by atoms with Crippen LogP contribution in [-0.4, -0.2) is 21.3 Å². The molecule has 4 heteroatoms. The zero-order valence-electron chi connectivity index (χ0n) is 8.57. The number of hydrogen-bond acceptors (Lipinski definition) is 3. The number of hydrogen-bond donors (Lipinski definition) is 1. The van der Waals surface area contributed by atoms with Gasteiger partial charge < -0.3 is 9.99 Å². The molecule has 0 unspecified atom stereocenters. The lowest BCUT2D eigenvalue weighted by Crippen LogP contribution is -2.31. The molecule has 1 heterocycles. The molecule has 0 spiro atoms. The van der Waals surface area contributed by atoms with E-state index in [0.29, 0.717) is 0 Å². The van der Waals surface area contributed by atoms with Crippen LogP contribution in [0.15, 0.2) is 17.6 Å². The van der Waals surface area contributed by atoms with Gasteiger partial charge in [0.05, 0.1) is 12.5 Å². The van der Waals surface area contributed by atoms with Crippen LogP contribution in [0.5, 0.6) is 0 Å². The summed E-state index contributed by atoms with van der Waals surface area (Å²) in [6, 6.07) is 0. The molecule has 0 saturated heterocycles. The second-order valence-corrected chi connectivity index (χ2v) is 4.08. The van der Waals surface area contributed by atoms with Crippen LogP contribution in [0.4, 0.5) is 0 Å². The van der Waals surface area contributed by atoms with E-state index in [1.807, 2.05) is 17.8 Å². The van der Waals surface area contributed by atoms with Crippen LogP contribution >= 0.6 is 0 Å². The van der Waals surface area contributed by atoms with Crippen LogP contribution in [0.25, 0.3) is 0 Å². The van der Waals surface area contributed by atoms with E-state index in [-0.39, 0.29) is 5.54 Å². The summed E-state index contributed by atoms with van der Waals surface area (Å²) >= 11 is 0. The van der Waals surface area contributed by atoms with Gasteiger partial charge in [-0.25, -0.2) is 4.98 Å². The highest BCUT2D eigenvalue weighted by Crippen LogP contribution is 1.97. The largest absolute Gasteiger partial charge is 0.340 e. The van der Waals surface area contributed by atoms with Gasteiger partial charge in [0.1, 0.15) is 5.69 Å². The molecule has 0 saturated carbocycles. The average molecular weight is 180 g/mol. The Morgan fingerprint density at radius 2 is 2.23 bits per heavy atom. The van der Waals surface area contributed by atoms with Gasteiger partial charge >= 0.3 is 0 Å². The molecule has 0 aliphatic rings. The summed E-state index contributed by atoms with van der Waals surface area (Å²) in [5.41, 5.74) is 3.87. The van der Waals surface area contributed by atoms with Gasteiger partial charge in [-0.15, -0.1) is 0 Å². The Morgan fingerprint density at radius 3 is 2.69 bits per heavy atom. The number of aromatic nitrogens is 2. The van der Waals surface area contributed by atoms with Crippen molar-refractivity contribution in [1.29, 1.82) is 0 Å². The fourth-order valence-electron chi connectivity index (χ4n) is 0.792. The molecule has 13 heavy (non-hydrogen) atoms. The van der Waals surface area contributed by atoms with Crippen LogP contribution in [0, 0.1) is 0 Å². The number of imidazole rings is 1. The van der Waals surface area contributed by atoms with Crippen molar-refractivity contribution in [2.75, 3.05) is 0 Å². The monoisotopic (exact) mass is 180 g/mol. The third-order valence-corrected chi connectivity index (χ3v) is 1.32. The van der Waals surface area contributed by atoms with Crippen LogP contribution < -0.4 is 5.43 Å². The summed E-state index contributed by atoms with van der Waals surface area (Å²) in [4.78, 5) is 4.11. The van der Waals surface area contributed by atoms with Gasteiger partial charge in [-0.1, -0.05) is 0 Å². The van der Waals surface area contributed by atoms with Crippen molar-refractivity contribution >= 4 is 6.21 Å². The molecule has 0 aromatic carbocycles. The maximum atomic E-state index is 4.11. The molecule has 4 nitrogen and oxygen atoms in total. The summed E-state index contributed by atoms with van der Waals surface area (Å²) in [6.07, 6.45) is 5.37. The zero-order valence-corrected chi connectivity index (χ0v) is 8.57. The third-order valence-electron chi connectivity index (χ3n) is 1.32. The van der Waals surface area contributed by atoms with Crippen molar-refractivity contribution in [3.63, 3.8) is 0 Å². The molecule has 0 aliphatic heterocycles. The molecule has 0 fully saturated rings. The van der Waals surface area contributed by atoms with Crippen molar-refractivity contribution in [3.8, 4) is 0 Å². The van der Waals surface area contributed by atoms with Gasteiger partial charge in [-0.2, -0.15) is 5.10 Å². The molecule has 0 aliphatic carbocycles. The molecule has 0 atom stereocenters. The Morgan fingerprint density at radius 1 is 1.54 bits per heavy atom. The minimum atomic E-state index is 0.00524. The first-order chi connectivity index (χ1) is 5.97. The first-order valence-electron chi connectivity index (χ1n) is 4.25. The minimum absolute atomic E-state index is 0.00524. The first-order valence-corrected chi connectivity index (χ1v) is 4.25. The van der Waals surface area contributed by atoms with E-state index in [1.165, 1.54) is 0 Å². The Bertz CT molecular complexity index is 293. The minimum Gasteiger partial charge on any atom is -0.340 e. The predicted octanol–water partition coefficient (Wildman–Crippen LogP) is 1.14. The van der Waals surface area contributed by atoms with E-state index in [9.17, 15) is 0 Å². The highest BCUT2D eigenvalue weighted by Gasteiger charge is 2.05.